The molecule has 1 aromatic carbocycles. The van der Waals surface area contributed by atoms with Crippen LogP contribution in [-0.4, -0.2) is 10.8 Å². The van der Waals surface area contributed by atoms with Gasteiger partial charge in [0.1, 0.15) is 11.9 Å². The zero-order valence-electron chi connectivity index (χ0n) is 12.4. The highest BCUT2D eigenvalue weighted by Gasteiger charge is 2.34. The van der Waals surface area contributed by atoms with E-state index < -0.39 is 5.79 Å². The van der Waals surface area contributed by atoms with Crippen LogP contribution in [0.1, 0.15) is 25.0 Å². The number of pyridine rings is 1. The summed E-state index contributed by atoms with van der Waals surface area (Å²) in [6.45, 7) is 5.46. The topological polar surface area (TPSA) is 81.2 Å². The lowest BCUT2D eigenvalue weighted by atomic mass is 9.98. The molecular formula is C16H14ClN3O2. The molecule has 2 heterocycles. The lowest BCUT2D eigenvalue weighted by Gasteiger charge is -2.17. The lowest BCUT2D eigenvalue weighted by molar-refractivity contribution is -0.0429. The van der Waals surface area contributed by atoms with Crippen LogP contribution in [0.3, 0.4) is 0 Å². The second-order valence-electron chi connectivity index (χ2n) is 5.55. The quantitative estimate of drug-likeness (QED) is 0.868. The van der Waals surface area contributed by atoms with Crippen molar-refractivity contribution in [1.29, 1.82) is 5.26 Å². The molecule has 1 aliphatic rings. The number of benzene rings is 1. The maximum atomic E-state index is 9.25. The Balaban J connectivity index is 2.26. The monoisotopic (exact) mass is 315 g/mol. The molecule has 0 saturated heterocycles. The SMILES string of the molecule is Cc1c(-c2cc(Cl)cc3c2OC(C)(C)O3)cnc(N)c1C#N. The van der Waals surface area contributed by atoms with Gasteiger partial charge in [0.25, 0.3) is 0 Å². The molecule has 1 aliphatic heterocycles. The first-order valence-corrected chi connectivity index (χ1v) is 7.07. The van der Waals surface area contributed by atoms with Gasteiger partial charge in [0.2, 0.25) is 5.79 Å². The second-order valence-corrected chi connectivity index (χ2v) is 5.99. The molecule has 2 N–H and O–H groups in total. The van der Waals surface area contributed by atoms with Crippen molar-refractivity contribution < 1.29 is 9.47 Å². The fourth-order valence-corrected chi connectivity index (χ4v) is 2.72. The van der Waals surface area contributed by atoms with Gasteiger partial charge in [-0.3, -0.25) is 0 Å². The van der Waals surface area contributed by atoms with E-state index in [0.717, 1.165) is 16.7 Å². The molecule has 0 fully saturated rings. The Bertz CT molecular complexity index is 825. The second kappa shape index (κ2) is 4.79. The van der Waals surface area contributed by atoms with Gasteiger partial charge < -0.3 is 15.2 Å². The summed E-state index contributed by atoms with van der Waals surface area (Å²) in [5.74, 6) is 0.602. The summed E-state index contributed by atoms with van der Waals surface area (Å²) in [4.78, 5) is 4.09. The maximum absolute atomic E-state index is 9.25. The molecular weight excluding hydrogens is 302 g/mol. The highest BCUT2D eigenvalue weighted by Crippen LogP contribution is 2.48. The van der Waals surface area contributed by atoms with E-state index in [-0.39, 0.29) is 5.82 Å². The predicted molar refractivity (Wildman–Crippen MR) is 83.9 cm³/mol. The number of fused-ring (bicyclic) bond motifs is 1. The third-order valence-corrected chi connectivity index (χ3v) is 3.71. The first-order valence-electron chi connectivity index (χ1n) is 6.69. The number of nitriles is 1. The van der Waals surface area contributed by atoms with Crippen LogP contribution < -0.4 is 15.2 Å². The van der Waals surface area contributed by atoms with Crippen molar-refractivity contribution in [1.82, 2.24) is 4.98 Å². The molecule has 3 rings (SSSR count). The molecule has 0 unspecified atom stereocenters. The molecule has 0 spiro atoms. The van der Waals surface area contributed by atoms with Crippen LogP contribution in [0.15, 0.2) is 18.3 Å². The average molecular weight is 316 g/mol. The lowest BCUT2D eigenvalue weighted by Crippen LogP contribution is -2.29. The van der Waals surface area contributed by atoms with E-state index in [2.05, 4.69) is 11.1 Å². The third kappa shape index (κ3) is 2.22. The minimum atomic E-state index is -0.769. The summed E-state index contributed by atoms with van der Waals surface area (Å²) in [6.07, 6.45) is 1.62. The zero-order valence-corrected chi connectivity index (χ0v) is 13.2. The van der Waals surface area contributed by atoms with Crippen molar-refractivity contribution in [2.24, 2.45) is 0 Å². The molecule has 0 aliphatic carbocycles. The molecule has 0 bridgehead atoms. The van der Waals surface area contributed by atoms with E-state index in [0.29, 0.717) is 22.1 Å². The minimum absolute atomic E-state index is 0.208. The number of ether oxygens (including phenoxy) is 2. The highest BCUT2D eigenvalue weighted by molar-refractivity contribution is 6.31. The largest absolute Gasteiger partial charge is 0.449 e. The Morgan fingerprint density at radius 3 is 2.68 bits per heavy atom. The van der Waals surface area contributed by atoms with Crippen molar-refractivity contribution in [3.63, 3.8) is 0 Å². The number of rotatable bonds is 1. The number of nitrogens with zero attached hydrogens (tertiary/aromatic N) is 2. The highest BCUT2D eigenvalue weighted by atomic mass is 35.5. The zero-order chi connectivity index (χ0) is 16.1. The van der Waals surface area contributed by atoms with Crippen LogP contribution in [0.5, 0.6) is 11.5 Å². The molecule has 1 aromatic heterocycles. The molecule has 2 aromatic rings. The molecule has 0 atom stereocenters. The Morgan fingerprint density at radius 1 is 1.27 bits per heavy atom. The van der Waals surface area contributed by atoms with Crippen LogP contribution in [-0.2, 0) is 0 Å². The van der Waals surface area contributed by atoms with Gasteiger partial charge in [0, 0.05) is 42.3 Å². The fraction of sp³-hybridized carbons (Fsp3) is 0.250. The molecule has 0 radical (unpaired) electrons. The molecule has 0 saturated carbocycles. The number of halogens is 1. The van der Waals surface area contributed by atoms with Crippen LogP contribution in [0.25, 0.3) is 11.1 Å². The van der Waals surface area contributed by atoms with E-state index in [1.165, 1.54) is 0 Å². The number of nitrogen functional groups attached to an aromatic ring is 1. The van der Waals surface area contributed by atoms with Crippen molar-refractivity contribution >= 4 is 17.4 Å². The van der Waals surface area contributed by atoms with Gasteiger partial charge in [-0.15, -0.1) is 0 Å². The standard InChI is InChI=1S/C16H14ClN3O2/c1-8-11(6-18)15(19)20-7-12(8)10-4-9(17)5-13-14(10)22-16(2,3)21-13/h4-5,7H,1-3H3,(H2,19,20). The van der Waals surface area contributed by atoms with Crippen LogP contribution >= 0.6 is 11.6 Å². The predicted octanol–water partition coefficient (Wildman–Crippen LogP) is 3.67. The number of nitrogens with two attached hydrogens (primary N) is 1. The normalized spacial score (nSPS) is 14.7. The third-order valence-electron chi connectivity index (χ3n) is 3.49. The van der Waals surface area contributed by atoms with Crippen molar-refractivity contribution in [2.45, 2.75) is 26.6 Å². The maximum Gasteiger partial charge on any atom is 0.246 e. The molecule has 6 heteroatoms. The minimum Gasteiger partial charge on any atom is -0.449 e. The Labute approximate surface area is 133 Å². The Hall–Kier alpha value is -2.45. The summed E-state index contributed by atoms with van der Waals surface area (Å²) < 4.78 is 11.6. The van der Waals surface area contributed by atoms with Crippen LogP contribution in [0.2, 0.25) is 5.02 Å². The first-order chi connectivity index (χ1) is 10.3. The van der Waals surface area contributed by atoms with Crippen molar-refractivity contribution in [2.75, 3.05) is 5.73 Å². The molecule has 22 heavy (non-hydrogen) atoms. The summed E-state index contributed by atoms with van der Waals surface area (Å²) in [6, 6.07) is 5.56. The van der Waals surface area contributed by atoms with Crippen LogP contribution in [0.4, 0.5) is 5.82 Å². The number of hydrogen-bond donors (Lipinski definition) is 1. The van der Waals surface area contributed by atoms with E-state index in [4.69, 9.17) is 26.8 Å². The van der Waals surface area contributed by atoms with Crippen molar-refractivity contribution in [3.8, 4) is 28.7 Å². The van der Waals surface area contributed by atoms with Crippen molar-refractivity contribution in [3.05, 3.63) is 34.5 Å². The summed E-state index contributed by atoms with van der Waals surface area (Å²) in [5, 5.41) is 9.77. The van der Waals surface area contributed by atoms with E-state index in [1.54, 1.807) is 18.3 Å². The summed E-state index contributed by atoms with van der Waals surface area (Å²) in [5.41, 5.74) is 8.30. The molecule has 112 valence electrons. The Morgan fingerprint density at radius 2 is 2.00 bits per heavy atom. The van der Waals surface area contributed by atoms with E-state index >= 15 is 0 Å². The van der Waals surface area contributed by atoms with Gasteiger partial charge in [-0.2, -0.15) is 5.26 Å². The van der Waals surface area contributed by atoms with Gasteiger partial charge in [-0.05, 0) is 18.6 Å². The first kappa shape index (κ1) is 14.5. The van der Waals surface area contributed by atoms with Gasteiger partial charge in [0.05, 0.1) is 5.56 Å². The summed E-state index contributed by atoms with van der Waals surface area (Å²) in [7, 11) is 0. The number of anilines is 1. The van der Waals surface area contributed by atoms with E-state index in [9.17, 15) is 5.26 Å². The van der Waals surface area contributed by atoms with Gasteiger partial charge in [-0.1, -0.05) is 11.6 Å². The van der Waals surface area contributed by atoms with Crippen LogP contribution in [0, 0.1) is 18.3 Å². The summed E-state index contributed by atoms with van der Waals surface area (Å²) >= 11 is 6.18. The average Bonchev–Trinajstić information content (AvgIpc) is 2.72. The van der Waals surface area contributed by atoms with Gasteiger partial charge in [-0.25, -0.2) is 4.98 Å². The number of aromatic nitrogens is 1. The van der Waals surface area contributed by atoms with Gasteiger partial charge in [0.15, 0.2) is 11.5 Å². The molecule has 5 nitrogen and oxygen atoms in total. The fourth-order valence-electron chi connectivity index (χ4n) is 2.52. The molecule has 0 amide bonds. The smallest absolute Gasteiger partial charge is 0.246 e. The number of hydrogen-bond acceptors (Lipinski definition) is 5. The Kier molecular flexibility index (Phi) is 3.15. The van der Waals surface area contributed by atoms with Gasteiger partial charge >= 0.3 is 0 Å². The van der Waals surface area contributed by atoms with E-state index in [1.807, 2.05) is 20.8 Å².